The van der Waals surface area contributed by atoms with Crippen LogP contribution in [0.25, 0.3) is 0 Å². The molecule has 1 atom stereocenters. The quantitative estimate of drug-likeness (QED) is 0.603. The van der Waals surface area contributed by atoms with Gasteiger partial charge in [0.2, 0.25) is 0 Å². The molecule has 0 unspecified atom stereocenters. The van der Waals surface area contributed by atoms with Crippen molar-refractivity contribution in [2.24, 2.45) is 0 Å². The van der Waals surface area contributed by atoms with Crippen molar-refractivity contribution in [3.63, 3.8) is 0 Å². The SMILES string of the molecule is O[C@@H](Cc1ccccc1)CN(Cc1cccn1Cc1cccc(F)c1)C1CC1. The zero-order valence-electron chi connectivity index (χ0n) is 16.0. The Morgan fingerprint density at radius 1 is 1.00 bits per heavy atom. The van der Waals surface area contributed by atoms with Crippen LogP contribution in [0, 0.1) is 5.82 Å². The van der Waals surface area contributed by atoms with Gasteiger partial charge in [0, 0.05) is 37.6 Å². The van der Waals surface area contributed by atoms with Crippen LogP contribution in [-0.2, 0) is 19.5 Å². The molecule has 4 rings (SSSR count). The van der Waals surface area contributed by atoms with Gasteiger partial charge in [0.1, 0.15) is 5.82 Å². The summed E-state index contributed by atoms with van der Waals surface area (Å²) in [7, 11) is 0. The summed E-state index contributed by atoms with van der Waals surface area (Å²) >= 11 is 0. The van der Waals surface area contributed by atoms with E-state index in [9.17, 15) is 9.50 Å². The lowest BCUT2D eigenvalue weighted by atomic mass is 10.1. The number of aliphatic hydroxyl groups is 1. The molecule has 2 aromatic carbocycles. The predicted molar refractivity (Wildman–Crippen MR) is 110 cm³/mol. The third-order valence-electron chi connectivity index (χ3n) is 5.35. The fourth-order valence-electron chi connectivity index (χ4n) is 3.79. The van der Waals surface area contributed by atoms with E-state index in [-0.39, 0.29) is 11.9 Å². The number of hydrogen-bond donors (Lipinski definition) is 1. The second-order valence-electron chi connectivity index (χ2n) is 7.76. The molecular weight excluding hydrogens is 351 g/mol. The highest BCUT2D eigenvalue weighted by Gasteiger charge is 2.30. The monoisotopic (exact) mass is 378 g/mol. The minimum absolute atomic E-state index is 0.199. The van der Waals surface area contributed by atoms with E-state index >= 15 is 0 Å². The van der Waals surface area contributed by atoms with E-state index in [4.69, 9.17) is 0 Å². The Labute approximate surface area is 166 Å². The van der Waals surface area contributed by atoms with Crippen molar-refractivity contribution in [3.8, 4) is 0 Å². The predicted octanol–water partition coefficient (Wildman–Crippen LogP) is 4.24. The number of rotatable bonds is 9. The number of halogens is 1. The van der Waals surface area contributed by atoms with Gasteiger partial charge in [-0.05, 0) is 54.7 Å². The van der Waals surface area contributed by atoms with Crippen molar-refractivity contribution < 1.29 is 9.50 Å². The van der Waals surface area contributed by atoms with Gasteiger partial charge in [0.05, 0.1) is 6.10 Å². The molecule has 0 amide bonds. The Bertz CT molecular complexity index is 888. The highest BCUT2D eigenvalue weighted by Crippen LogP contribution is 2.29. The Morgan fingerprint density at radius 2 is 1.79 bits per heavy atom. The minimum Gasteiger partial charge on any atom is -0.391 e. The Balaban J connectivity index is 1.41. The number of aliphatic hydroxyl groups excluding tert-OH is 1. The zero-order chi connectivity index (χ0) is 19.3. The maximum Gasteiger partial charge on any atom is 0.123 e. The molecule has 28 heavy (non-hydrogen) atoms. The topological polar surface area (TPSA) is 28.4 Å². The van der Waals surface area contributed by atoms with E-state index in [1.165, 1.54) is 30.2 Å². The second kappa shape index (κ2) is 8.72. The fraction of sp³-hybridized carbons (Fsp3) is 0.333. The third kappa shape index (κ3) is 5.09. The summed E-state index contributed by atoms with van der Waals surface area (Å²) in [6.45, 7) is 2.13. The normalized spacial score (nSPS) is 15.1. The lowest BCUT2D eigenvalue weighted by Crippen LogP contribution is -2.35. The van der Waals surface area contributed by atoms with Gasteiger partial charge in [-0.2, -0.15) is 0 Å². The van der Waals surface area contributed by atoms with Crippen molar-refractivity contribution >= 4 is 0 Å². The van der Waals surface area contributed by atoms with Crippen molar-refractivity contribution in [2.45, 2.75) is 44.5 Å². The summed E-state index contributed by atoms with van der Waals surface area (Å²) in [4.78, 5) is 2.39. The van der Waals surface area contributed by atoms with Crippen LogP contribution < -0.4 is 0 Å². The maximum atomic E-state index is 13.5. The summed E-state index contributed by atoms with van der Waals surface area (Å²) in [5.41, 5.74) is 3.32. The van der Waals surface area contributed by atoms with Gasteiger partial charge < -0.3 is 9.67 Å². The molecule has 1 N–H and O–H groups in total. The summed E-state index contributed by atoms with van der Waals surface area (Å²) in [5, 5.41) is 10.6. The van der Waals surface area contributed by atoms with Crippen LogP contribution >= 0.6 is 0 Å². The molecule has 3 nitrogen and oxygen atoms in total. The van der Waals surface area contributed by atoms with Gasteiger partial charge in [0.15, 0.2) is 0 Å². The summed E-state index contributed by atoms with van der Waals surface area (Å²) < 4.78 is 15.7. The molecule has 4 heteroatoms. The molecule has 1 fully saturated rings. The molecule has 1 heterocycles. The van der Waals surface area contributed by atoms with Crippen molar-refractivity contribution in [2.75, 3.05) is 6.54 Å². The summed E-state index contributed by atoms with van der Waals surface area (Å²) in [6.07, 6.45) is 4.74. The maximum absolute atomic E-state index is 13.5. The molecule has 0 radical (unpaired) electrons. The van der Waals surface area contributed by atoms with Crippen LogP contribution in [0.5, 0.6) is 0 Å². The smallest absolute Gasteiger partial charge is 0.123 e. The van der Waals surface area contributed by atoms with Crippen LogP contribution in [0.3, 0.4) is 0 Å². The van der Waals surface area contributed by atoms with E-state index in [1.807, 2.05) is 36.5 Å². The highest BCUT2D eigenvalue weighted by atomic mass is 19.1. The van der Waals surface area contributed by atoms with E-state index in [1.54, 1.807) is 12.1 Å². The van der Waals surface area contributed by atoms with Gasteiger partial charge in [-0.3, -0.25) is 4.90 Å². The van der Waals surface area contributed by atoms with Gasteiger partial charge in [-0.25, -0.2) is 4.39 Å². The first-order chi connectivity index (χ1) is 13.7. The Hall–Kier alpha value is -2.43. The van der Waals surface area contributed by atoms with Crippen molar-refractivity contribution in [3.05, 3.63) is 95.6 Å². The molecular formula is C24H27FN2O. The van der Waals surface area contributed by atoms with Crippen molar-refractivity contribution in [1.82, 2.24) is 9.47 Å². The van der Waals surface area contributed by atoms with Crippen LogP contribution in [-0.4, -0.2) is 33.3 Å². The van der Waals surface area contributed by atoms with Gasteiger partial charge in [0.25, 0.3) is 0 Å². The number of benzene rings is 2. The number of nitrogens with zero attached hydrogens (tertiary/aromatic N) is 2. The summed E-state index contributed by atoms with van der Waals surface area (Å²) in [5.74, 6) is -0.199. The van der Waals surface area contributed by atoms with E-state index < -0.39 is 0 Å². The first-order valence-electron chi connectivity index (χ1n) is 10.0. The van der Waals surface area contributed by atoms with E-state index in [2.05, 4.69) is 27.7 Å². The lowest BCUT2D eigenvalue weighted by Gasteiger charge is -2.26. The standard InChI is InChI=1S/C24H27FN2O/c25-21-9-4-8-20(14-21)16-26-13-5-10-23(26)17-27(22-11-12-22)18-24(28)15-19-6-2-1-3-7-19/h1-10,13-14,22,24,28H,11-12,15-18H2/t24-/m0/s1. The number of aromatic nitrogens is 1. The van der Waals surface area contributed by atoms with Crippen LogP contribution in [0.15, 0.2) is 72.9 Å². The first-order valence-corrected chi connectivity index (χ1v) is 10.0. The molecule has 0 saturated heterocycles. The molecule has 0 bridgehead atoms. The largest absolute Gasteiger partial charge is 0.391 e. The zero-order valence-corrected chi connectivity index (χ0v) is 16.0. The Kier molecular flexibility index (Phi) is 5.89. The second-order valence-corrected chi connectivity index (χ2v) is 7.76. The van der Waals surface area contributed by atoms with Gasteiger partial charge in [-0.15, -0.1) is 0 Å². The van der Waals surface area contributed by atoms with Crippen LogP contribution in [0.2, 0.25) is 0 Å². The average molecular weight is 378 g/mol. The molecule has 3 aromatic rings. The van der Waals surface area contributed by atoms with Gasteiger partial charge in [-0.1, -0.05) is 42.5 Å². The van der Waals surface area contributed by atoms with E-state index in [0.29, 0.717) is 25.6 Å². The lowest BCUT2D eigenvalue weighted by molar-refractivity contribution is 0.103. The van der Waals surface area contributed by atoms with Crippen molar-refractivity contribution in [1.29, 1.82) is 0 Å². The van der Waals surface area contributed by atoms with Crippen LogP contribution in [0.1, 0.15) is 29.7 Å². The molecule has 0 spiro atoms. The molecule has 146 valence electrons. The molecule has 1 aliphatic carbocycles. The molecule has 1 aromatic heterocycles. The Morgan fingerprint density at radius 3 is 2.54 bits per heavy atom. The van der Waals surface area contributed by atoms with Gasteiger partial charge >= 0.3 is 0 Å². The van der Waals surface area contributed by atoms with E-state index in [0.717, 1.165) is 12.1 Å². The molecule has 0 aliphatic heterocycles. The highest BCUT2D eigenvalue weighted by molar-refractivity contribution is 5.19. The van der Waals surface area contributed by atoms with Crippen LogP contribution in [0.4, 0.5) is 4.39 Å². The molecule has 1 aliphatic rings. The number of hydrogen-bond acceptors (Lipinski definition) is 2. The molecule has 1 saturated carbocycles. The average Bonchev–Trinajstić information content (AvgIpc) is 3.44. The fourth-order valence-corrected chi connectivity index (χ4v) is 3.79. The minimum atomic E-state index is -0.380. The third-order valence-corrected chi connectivity index (χ3v) is 5.35. The first kappa shape index (κ1) is 18.9. The summed E-state index contributed by atoms with van der Waals surface area (Å²) in [6, 6.07) is 21.7.